The van der Waals surface area contributed by atoms with Gasteiger partial charge in [0.15, 0.2) is 8.24 Å². The van der Waals surface area contributed by atoms with Crippen molar-refractivity contribution >= 4 is 41.9 Å². The molecule has 0 saturated heterocycles. The van der Waals surface area contributed by atoms with Gasteiger partial charge in [0.2, 0.25) is 0 Å². The zero-order valence-corrected chi connectivity index (χ0v) is 17.4. The minimum absolute atomic E-state index is 0.689. The van der Waals surface area contributed by atoms with E-state index in [9.17, 15) is 0 Å². The summed E-state index contributed by atoms with van der Waals surface area (Å²) in [6.07, 6.45) is 4.34. The van der Waals surface area contributed by atoms with Gasteiger partial charge >= 0.3 is 0 Å². The van der Waals surface area contributed by atoms with E-state index in [1.54, 1.807) is 0 Å². The fraction of sp³-hybridized carbons (Fsp3) is 0.588. The molecule has 2 aromatic heterocycles. The van der Waals surface area contributed by atoms with Crippen molar-refractivity contribution in [3.63, 3.8) is 0 Å². The lowest BCUT2D eigenvalue weighted by Gasteiger charge is -2.44. The summed E-state index contributed by atoms with van der Waals surface area (Å²) in [5.74, 6) is 0. The standard InChI is InChI=1S/C17H27IN2Si/c1-11(2)21(12(3)4,13(5)6)20-9-8-15-16(18)14(7)10-19-17(15)20/h8-13H,1-7H3. The number of hydrogen-bond acceptors (Lipinski definition) is 1. The molecule has 2 heterocycles. The van der Waals surface area contributed by atoms with E-state index in [-0.39, 0.29) is 0 Å². The van der Waals surface area contributed by atoms with Crippen LogP contribution in [0.2, 0.25) is 16.6 Å². The molecule has 2 aromatic rings. The summed E-state index contributed by atoms with van der Waals surface area (Å²) in [7, 11) is -1.71. The summed E-state index contributed by atoms with van der Waals surface area (Å²) < 4.78 is 3.93. The number of aromatic nitrogens is 2. The molecule has 4 heteroatoms. The Balaban J connectivity index is 2.81. The lowest BCUT2D eigenvalue weighted by Crippen LogP contribution is -2.51. The van der Waals surface area contributed by atoms with Gasteiger partial charge < -0.3 is 4.23 Å². The van der Waals surface area contributed by atoms with Crippen molar-refractivity contribution in [2.24, 2.45) is 0 Å². The van der Waals surface area contributed by atoms with Crippen molar-refractivity contribution < 1.29 is 0 Å². The molecule has 0 aliphatic heterocycles. The average molecular weight is 414 g/mol. The van der Waals surface area contributed by atoms with Gasteiger partial charge in [-0.1, -0.05) is 41.5 Å². The largest absolute Gasteiger partial charge is 0.359 e. The van der Waals surface area contributed by atoms with Gasteiger partial charge in [0.1, 0.15) is 5.65 Å². The van der Waals surface area contributed by atoms with Crippen LogP contribution in [-0.4, -0.2) is 17.5 Å². The van der Waals surface area contributed by atoms with Gasteiger partial charge in [-0.15, -0.1) is 0 Å². The van der Waals surface area contributed by atoms with Crippen LogP contribution in [0, 0.1) is 10.5 Å². The molecule has 2 rings (SSSR count). The first-order valence-corrected chi connectivity index (χ1v) is 11.1. The third-order valence-corrected chi connectivity index (χ3v) is 13.2. The fourth-order valence-electron chi connectivity index (χ4n) is 4.30. The third-order valence-electron chi connectivity index (χ3n) is 5.01. The summed E-state index contributed by atoms with van der Waals surface area (Å²) >= 11 is 2.46. The van der Waals surface area contributed by atoms with Gasteiger partial charge in [-0.25, -0.2) is 4.98 Å². The first-order chi connectivity index (χ1) is 9.74. The quantitative estimate of drug-likeness (QED) is 0.445. The molecule has 0 atom stereocenters. The molecule has 0 fully saturated rings. The summed E-state index contributed by atoms with van der Waals surface area (Å²) in [5, 5.41) is 1.31. The van der Waals surface area contributed by atoms with E-state index in [0.29, 0.717) is 16.6 Å². The molecule has 2 nitrogen and oxygen atoms in total. The molecule has 0 radical (unpaired) electrons. The first-order valence-electron chi connectivity index (χ1n) is 7.87. The van der Waals surface area contributed by atoms with Crippen LogP contribution in [0.15, 0.2) is 18.5 Å². The Bertz CT molecular complexity index is 622. The highest BCUT2D eigenvalue weighted by Gasteiger charge is 2.46. The molecule has 0 bridgehead atoms. The number of fused-ring (bicyclic) bond motifs is 1. The molecule has 0 N–H and O–H groups in total. The van der Waals surface area contributed by atoms with Gasteiger partial charge in [0.25, 0.3) is 0 Å². The van der Waals surface area contributed by atoms with Crippen LogP contribution in [0.3, 0.4) is 0 Å². The second-order valence-electron chi connectivity index (χ2n) is 7.03. The Hall–Kier alpha value is -0.363. The zero-order valence-electron chi connectivity index (χ0n) is 14.2. The SMILES string of the molecule is Cc1cnc2c(ccn2[Si](C(C)C)(C(C)C)C(C)C)c1I. The molecule has 0 aliphatic rings. The van der Waals surface area contributed by atoms with Crippen LogP contribution in [0.4, 0.5) is 0 Å². The topological polar surface area (TPSA) is 17.8 Å². The van der Waals surface area contributed by atoms with E-state index >= 15 is 0 Å². The molecule has 0 aliphatic carbocycles. The van der Waals surface area contributed by atoms with E-state index in [1.165, 1.54) is 20.2 Å². The summed E-state index contributed by atoms with van der Waals surface area (Å²) in [6, 6.07) is 2.27. The molecule has 0 spiro atoms. The monoisotopic (exact) mass is 414 g/mol. The van der Waals surface area contributed by atoms with Gasteiger partial charge in [-0.05, 0) is 64.0 Å². The molecule has 0 unspecified atom stereocenters. The van der Waals surface area contributed by atoms with Crippen molar-refractivity contribution in [3.05, 3.63) is 27.6 Å². The summed E-state index contributed by atoms with van der Waals surface area (Å²) in [4.78, 5) is 4.81. The Morgan fingerprint density at radius 3 is 2.05 bits per heavy atom. The second kappa shape index (κ2) is 6.03. The van der Waals surface area contributed by atoms with Crippen LogP contribution in [-0.2, 0) is 0 Å². The van der Waals surface area contributed by atoms with E-state index in [0.717, 1.165) is 0 Å². The number of pyridine rings is 1. The predicted molar refractivity (Wildman–Crippen MR) is 104 cm³/mol. The Kier molecular flexibility index (Phi) is 4.88. The highest BCUT2D eigenvalue weighted by Crippen LogP contribution is 2.44. The van der Waals surface area contributed by atoms with E-state index in [2.05, 4.69) is 87.6 Å². The molecular weight excluding hydrogens is 387 g/mol. The lowest BCUT2D eigenvalue weighted by molar-refractivity contribution is 0.770. The lowest BCUT2D eigenvalue weighted by atomic mass is 10.2. The molecule has 21 heavy (non-hydrogen) atoms. The Labute approximate surface area is 143 Å². The van der Waals surface area contributed by atoms with Crippen LogP contribution < -0.4 is 0 Å². The molecule has 116 valence electrons. The smallest absolute Gasteiger partial charge is 0.171 e. The maximum absolute atomic E-state index is 4.81. The molecule has 0 amide bonds. The first kappa shape index (κ1) is 17.0. The van der Waals surface area contributed by atoms with Crippen molar-refractivity contribution in [2.45, 2.75) is 65.1 Å². The highest BCUT2D eigenvalue weighted by atomic mass is 127. The van der Waals surface area contributed by atoms with E-state index < -0.39 is 8.24 Å². The van der Waals surface area contributed by atoms with Gasteiger partial charge in [0, 0.05) is 15.2 Å². The molecular formula is C17H27IN2Si. The molecule has 0 aromatic carbocycles. The van der Waals surface area contributed by atoms with Crippen LogP contribution in [0.25, 0.3) is 11.0 Å². The number of hydrogen-bond donors (Lipinski definition) is 0. The van der Waals surface area contributed by atoms with Crippen molar-refractivity contribution in [1.29, 1.82) is 0 Å². The van der Waals surface area contributed by atoms with E-state index in [1.807, 2.05) is 6.20 Å². The highest BCUT2D eigenvalue weighted by molar-refractivity contribution is 14.1. The number of aryl methyl sites for hydroxylation is 1. The number of nitrogens with zero attached hydrogens (tertiary/aromatic N) is 2. The van der Waals surface area contributed by atoms with E-state index in [4.69, 9.17) is 4.98 Å². The number of rotatable bonds is 4. The minimum atomic E-state index is -1.71. The normalized spacial score (nSPS) is 13.1. The minimum Gasteiger partial charge on any atom is -0.359 e. The number of halogens is 1. The van der Waals surface area contributed by atoms with Crippen LogP contribution in [0.1, 0.15) is 47.1 Å². The average Bonchev–Trinajstić information content (AvgIpc) is 2.78. The van der Waals surface area contributed by atoms with Gasteiger partial charge in [-0.2, -0.15) is 0 Å². The van der Waals surface area contributed by atoms with Gasteiger partial charge in [0.05, 0.1) is 0 Å². The zero-order chi connectivity index (χ0) is 15.9. The Morgan fingerprint density at radius 1 is 1.05 bits per heavy atom. The van der Waals surface area contributed by atoms with Gasteiger partial charge in [-0.3, -0.25) is 0 Å². The van der Waals surface area contributed by atoms with Crippen molar-refractivity contribution in [2.75, 3.05) is 0 Å². The molecule has 0 saturated carbocycles. The fourth-order valence-corrected chi connectivity index (χ4v) is 11.4. The van der Waals surface area contributed by atoms with Crippen LogP contribution in [0.5, 0.6) is 0 Å². The second-order valence-corrected chi connectivity index (χ2v) is 13.8. The summed E-state index contributed by atoms with van der Waals surface area (Å²) in [5.41, 5.74) is 4.52. The van der Waals surface area contributed by atoms with Crippen molar-refractivity contribution in [1.82, 2.24) is 9.22 Å². The summed E-state index contributed by atoms with van der Waals surface area (Å²) in [6.45, 7) is 16.5. The Morgan fingerprint density at radius 2 is 1.57 bits per heavy atom. The predicted octanol–water partition coefficient (Wildman–Crippen LogP) is 5.97. The van der Waals surface area contributed by atoms with Crippen molar-refractivity contribution in [3.8, 4) is 0 Å². The maximum atomic E-state index is 4.81. The maximum Gasteiger partial charge on any atom is 0.171 e. The van der Waals surface area contributed by atoms with Crippen LogP contribution >= 0.6 is 22.6 Å². The third kappa shape index (κ3) is 2.48.